The summed E-state index contributed by atoms with van der Waals surface area (Å²) in [5.41, 5.74) is 1.09. The zero-order chi connectivity index (χ0) is 23.8. The monoisotopic (exact) mass is 458 g/mol. The summed E-state index contributed by atoms with van der Waals surface area (Å²) >= 11 is 0. The summed E-state index contributed by atoms with van der Waals surface area (Å²) in [7, 11) is 0. The first-order chi connectivity index (χ1) is 16.5. The van der Waals surface area contributed by atoms with Gasteiger partial charge in [-0.1, -0.05) is 17.3 Å². The lowest BCUT2D eigenvalue weighted by Gasteiger charge is -2.12. The molecule has 5 rings (SSSR count). The van der Waals surface area contributed by atoms with Crippen LogP contribution in [0.2, 0.25) is 0 Å². The Morgan fingerprint density at radius 3 is 2.85 bits per heavy atom. The average molecular weight is 458 g/mol. The lowest BCUT2D eigenvalue weighted by molar-refractivity contribution is 0.0729. The number of aliphatic hydroxyl groups is 1. The third-order valence-electron chi connectivity index (χ3n) is 5.41. The Morgan fingerprint density at radius 2 is 2.03 bits per heavy atom. The highest BCUT2D eigenvalue weighted by molar-refractivity contribution is 6.29. The fourth-order valence-electron chi connectivity index (χ4n) is 3.83. The minimum Gasteiger partial charge on any atom is -0.456 e. The Kier molecular flexibility index (Phi) is 5.34. The van der Waals surface area contributed by atoms with Crippen molar-refractivity contribution in [1.29, 1.82) is 0 Å². The predicted octanol–water partition coefficient (Wildman–Crippen LogP) is 2.62. The van der Waals surface area contributed by atoms with Crippen LogP contribution in [-0.4, -0.2) is 49.2 Å². The number of aromatic nitrogens is 4. The molecule has 10 heteroatoms. The van der Waals surface area contributed by atoms with Gasteiger partial charge in [-0.2, -0.15) is 0 Å². The molecule has 10 nitrogen and oxygen atoms in total. The van der Waals surface area contributed by atoms with Gasteiger partial charge in [0.2, 0.25) is 11.6 Å². The molecule has 0 aliphatic heterocycles. The molecule has 1 N–H and O–H groups in total. The van der Waals surface area contributed by atoms with Gasteiger partial charge in [-0.05, 0) is 37.6 Å². The molecule has 3 aromatic heterocycles. The lowest BCUT2D eigenvalue weighted by Crippen LogP contribution is -2.23. The maximum atomic E-state index is 13.1. The van der Waals surface area contributed by atoms with Gasteiger partial charge in [0.15, 0.2) is 5.76 Å². The second-order valence-electron chi connectivity index (χ2n) is 7.66. The Morgan fingerprint density at radius 1 is 1.18 bits per heavy atom. The van der Waals surface area contributed by atoms with Crippen LogP contribution in [0.3, 0.4) is 0 Å². The second kappa shape index (κ2) is 8.49. The number of hydrogen-bond donors (Lipinski definition) is 1. The molecule has 4 aromatic rings. The normalized spacial score (nSPS) is 12.4. The van der Waals surface area contributed by atoms with Gasteiger partial charge in [-0.15, -0.1) is 5.10 Å². The molecule has 3 heterocycles. The third kappa shape index (κ3) is 3.59. The van der Waals surface area contributed by atoms with Crippen LogP contribution < -0.4 is 4.74 Å². The van der Waals surface area contributed by atoms with Crippen LogP contribution in [0, 0.1) is 6.92 Å². The number of carbonyl (C=O) groups is 3. The highest BCUT2D eigenvalue weighted by atomic mass is 16.5. The molecule has 0 radical (unpaired) electrons. The molecule has 0 atom stereocenters. The Balaban J connectivity index is 1.44. The van der Waals surface area contributed by atoms with Crippen molar-refractivity contribution >= 4 is 17.5 Å². The Hall–Kier alpha value is -4.44. The van der Waals surface area contributed by atoms with Gasteiger partial charge in [0, 0.05) is 24.9 Å². The quantitative estimate of drug-likeness (QED) is 0.301. The largest absolute Gasteiger partial charge is 0.456 e. The molecular formula is C24H18N4O6. The van der Waals surface area contributed by atoms with Gasteiger partial charge in [0.05, 0.1) is 17.3 Å². The highest BCUT2D eigenvalue weighted by Gasteiger charge is 2.39. The SMILES string of the molecule is Cc1oc2c(c1C(=O)Oc1cccc(-c3cn(CCCO)nn3)c1)C(=O)c1ncccc1C2=O. The van der Waals surface area contributed by atoms with Gasteiger partial charge in [0.1, 0.15) is 28.5 Å². The molecule has 0 saturated carbocycles. The maximum Gasteiger partial charge on any atom is 0.347 e. The van der Waals surface area contributed by atoms with E-state index in [1.807, 2.05) is 0 Å². The van der Waals surface area contributed by atoms with Crippen molar-refractivity contribution < 1.29 is 28.6 Å². The number of furan rings is 1. The van der Waals surface area contributed by atoms with Crippen LogP contribution in [0.25, 0.3) is 11.3 Å². The maximum absolute atomic E-state index is 13.1. The summed E-state index contributed by atoms with van der Waals surface area (Å²) in [4.78, 5) is 42.9. The molecule has 0 amide bonds. The number of ketones is 2. The molecule has 34 heavy (non-hydrogen) atoms. The van der Waals surface area contributed by atoms with Gasteiger partial charge < -0.3 is 14.3 Å². The van der Waals surface area contributed by atoms with E-state index >= 15 is 0 Å². The summed E-state index contributed by atoms with van der Waals surface area (Å²) in [6.07, 6.45) is 3.68. The molecule has 0 saturated heterocycles. The van der Waals surface area contributed by atoms with E-state index < -0.39 is 17.5 Å². The first kappa shape index (κ1) is 21.4. The number of pyridine rings is 1. The number of hydrogen-bond acceptors (Lipinski definition) is 9. The summed E-state index contributed by atoms with van der Waals surface area (Å²) < 4.78 is 12.7. The summed E-state index contributed by atoms with van der Waals surface area (Å²) in [6, 6.07) is 9.73. The van der Waals surface area contributed by atoms with E-state index in [0.717, 1.165) is 0 Å². The van der Waals surface area contributed by atoms with Gasteiger partial charge >= 0.3 is 5.97 Å². The molecule has 0 unspecified atom stereocenters. The predicted molar refractivity (Wildman–Crippen MR) is 117 cm³/mol. The third-order valence-corrected chi connectivity index (χ3v) is 5.41. The molecule has 1 aliphatic carbocycles. The van der Waals surface area contributed by atoms with Crippen molar-refractivity contribution in [1.82, 2.24) is 20.0 Å². The molecule has 0 fully saturated rings. The first-order valence-corrected chi connectivity index (χ1v) is 10.5. The topological polar surface area (TPSA) is 137 Å². The Bertz CT molecular complexity index is 1450. The zero-order valence-corrected chi connectivity index (χ0v) is 18.0. The van der Waals surface area contributed by atoms with Crippen molar-refractivity contribution in [2.75, 3.05) is 6.61 Å². The number of rotatable bonds is 6. The van der Waals surface area contributed by atoms with Crippen LogP contribution in [-0.2, 0) is 6.54 Å². The van der Waals surface area contributed by atoms with Gasteiger partial charge in [0.25, 0.3) is 0 Å². The fourth-order valence-corrected chi connectivity index (χ4v) is 3.83. The van der Waals surface area contributed by atoms with Crippen LogP contribution in [0.1, 0.15) is 54.7 Å². The van der Waals surface area contributed by atoms with Gasteiger partial charge in [-0.3, -0.25) is 19.3 Å². The first-order valence-electron chi connectivity index (χ1n) is 10.5. The second-order valence-corrected chi connectivity index (χ2v) is 7.66. The van der Waals surface area contributed by atoms with Crippen molar-refractivity contribution in [3.05, 3.63) is 82.7 Å². The van der Waals surface area contributed by atoms with E-state index in [4.69, 9.17) is 14.3 Å². The number of fused-ring (bicyclic) bond motifs is 2. The van der Waals surface area contributed by atoms with Crippen LogP contribution >= 0.6 is 0 Å². The lowest BCUT2D eigenvalue weighted by atomic mass is 9.90. The fraction of sp³-hybridized carbons (Fsp3) is 0.167. The van der Waals surface area contributed by atoms with E-state index in [1.165, 1.54) is 19.2 Å². The minimum absolute atomic E-state index is 0.0267. The number of esters is 1. The molecular weight excluding hydrogens is 440 g/mol. The highest BCUT2D eigenvalue weighted by Crippen LogP contribution is 2.33. The number of carbonyl (C=O) groups excluding carboxylic acids is 3. The standard InChI is InChI=1S/C24H18N4O6/c1-13-18(19-22(31)20-16(7-3-8-25-20)21(30)23(19)33-13)24(32)34-15-6-2-5-14(11-15)17-12-28(27-26-17)9-4-10-29/h2-3,5-8,11-12,29H,4,9-10H2,1H3. The molecule has 1 aromatic carbocycles. The van der Waals surface area contributed by atoms with Crippen LogP contribution in [0.5, 0.6) is 5.75 Å². The number of nitrogens with zero attached hydrogens (tertiary/aromatic N) is 4. The van der Waals surface area contributed by atoms with Crippen molar-refractivity contribution in [2.24, 2.45) is 0 Å². The molecule has 0 bridgehead atoms. The smallest absolute Gasteiger partial charge is 0.347 e. The van der Waals surface area contributed by atoms with E-state index in [2.05, 4.69) is 15.3 Å². The van der Waals surface area contributed by atoms with E-state index in [9.17, 15) is 14.4 Å². The van der Waals surface area contributed by atoms with Gasteiger partial charge in [-0.25, -0.2) is 4.79 Å². The summed E-state index contributed by atoms with van der Waals surface area (Å²) in [5.74, 6) is -1.77. The van der Waals surface area contributed by atoms with Crippen molar-refractivity contribution in [3.8, 4) is 17.0 Å². The molecule has 0 spiro atoms. The van der Waals surface area contributed by atoms with Crippen LogP contribution in [0.15, 0.2) is 53.2 Å². The minimum atomic E-state index is -0.827. The summed E-state index contributed by atoms with van der Waals surface area (Å²) in [5, 5.41) is 17.1. The Labute approximate surface area is 192 Å². The molecule has 1 aliphatic rings. The van der Waals surface area contributed by atoms with E-state index in [-0.39, 0.29) is 46.3 Å². The number of aliphatic hydroxyl groups excluding tert-OH is 1. The van der Waals surface area contributed by atoms with E-state index in [0.29, 0.717) is 24.2 Å². The number of aryl methyl sites for hydroxylation is 2. The van der Waals surface area contributed by atoms with E-state index in [1.54, 1.807) is 41.2 Å². The number of benzene rings is 1. The van der Waals surface area contributed by atoms with Crippen LogP contribution in [0.4, 0.5) is 0 Å². The van der Waals surface area contributed by atoms with Crippen molar-refractivity contribution in [3.63, 3.8) is 0 Å². The average Bonchev–Trinajstić information content (AvgIpc) is 3.46. The molecule has 170 valence electrons. The number of ether oxygens (including phenoxy) is 1. The van der Waals surface area contributed by atoms with Crippen molar-refractivity contribution in [2.45, 2.75) is 19.9 Å². The zero-order valence-electron chi connectivity index (χ0n) is 18.0. The summed E-state index contributed by atoms with van der Waals surface area (Å²) in [6.45, 7) is 2.07.